The van der Waals surface area contributed by atoms with Gasteiger partial charge in [0, 0.05) is 11.1 Å². The summed E-state index contributed by atoms with van der Waals surface area (Å²) in [5, 5.41) is 6.70. The molecule has 0 heterocycles. The summed E-state index contributed by atoms with van der Waals surface area (Å²) in [6.07, 6.45) is 4.50. The zero-order valence-corrected chi connectivity index (χ0v) is 37.7. The Bertz CT molecular complexity index is 1940. The number of carbonyl (C=O) groups is 1. The summed E-state index contributed by atoms with van der Waals surface area (Å²) in [7, 11) is -3.69. The maximum atomic E-state index is 12.0. The third kappa shape index (κ3) is 6.52. The Labute approximate surface area is 329 Å². The predicted octanol–water partition coefficient (Wildman–Crippen LogP) is 11.5. The van der Waals surface area contributed by atoms with E-state index in [9.17, 15) is 4.79 Å². The van der Waals surface area contributed by atoms with Gasteiger partial charge in [-0.2, -0.15) is 0 Å². The fourth-order valence-electron chi connectivity index (χ4n) is 9.89. The average molecular weight is 735 g/mol. The molecule has 4 aliphatic carbocycles. The van der Waals surface area contributed by atoms with Crippen molar-refractivity contribution in [3.05, 3.63) is 138 Å². The summed E-state index contributed by atoms with van der Waals surface area (Å²) in [6, 6.07) is 30.9. The normalized spacial score (nSPS) is 19.7. The van der Waals surface area contributed by atoms with Crippen molar-refractivity contribution >= 4 is 71.7 Å². The molecule has 0 saturated carbocycles. The second kappa shape index (κ2) is 14.2. The van der Waals surface area contributed by atoms with Gasteiger partial charge in [0.05, 0.1) is 0 Å². The molecule has 0 spiro atoms. The topological polar surface area (TPSA) is 17.1 Å². The number of hydrogen-bond donors (Lipinski definition) is 0. The van der Waals surface area contributed by atoms with Gasteiger partial charge in [0.1, 0.15) is 0 Å². The summed E-state index contributed by atoms with van der Waals surface area (Å²) in [4.78, 5) is 12.0. The number of rotatable bonds is 6. The van der Waals surface area contributed by atoms with E-state index < -0.39 is 50.0 Å². The van der Waals surface area contributed by atoms with Crippen LogP contribution in [0.4, 0.5) is 0 Å². The second-order valence-electron chi connectivity index (χ2n) is 17.7. The van der Waals surface area contributed by atoms with E-state index in [4.69, 9.17) is 0 Å². The van der Waals surface area contributed by atoms with Gasteiger partial charge in [-0.3, -0.25) is 4.79 Å². The van der Waals surface area contributed by atoms with Gasteiger partial charge in [-0.15, -0.1) is 0 Å². The second-order valence-corrected chi connectivity index (χ2v) is 29.1. The summed E-state index contributed by atoms with van der Waals surface area (Å²) < 4.78 is 3.74. The number of ketones is 1. The standard InChI is InChI=1S/2C17H23Si.C13H12O.Ca/c2*1-13-14(2)17(3,4)12-16(13)18(5,6)15-10-8-7-9-11-15;14-13-11-7-3-1-5-9(11)10-6-2-4-8-12(10)13;/h2*7-11H,1-6H3;1,3,5,7H,2,4,6,8H2;. The quantitative estimate of drug-likeness (QED) is 0.231. The van der Waals surface area contributed by atoms with Crippen molar-refractivity contribution in [3.8, 4) is 0 Å². The molecule has 0 amide bonds. The Morgan fingerprint density at radius 3 is 1.33 bits per heavy atom. The molecule has 0 bridgehead atoms. The Balaban J connectivity index is 0.000000263. The van der Waals surface area contributed by atoms with Crippen molar-refractivity contribution in [2.45, 2.75) is 107 Å². The molecule has 51 heavy (non-hydrogen) atoms. The minimum atomic E-state index is -1.84. The molecular formula is C47H58CaOSi2. The smallest absolute Gasteiger partial charge is 0.189 e. The van der Waals surface area contributed by atoms with E-state index in [-0.39, 0.29) is 16.6 Å². The molecule has 0 radical (unpaired) electrons. The molecule has 0 unspecified atom stereocenters. The summed E-state index contributed by atoms with van der Waals surface area (Å²) in [5.74, 6) is 0.287. The molecule has 0 aromatic heterocycles. The van der Waals surface area contributed by atoms with Gasteiger partial charge in [-0.05, 0) is 36.8 Å². The molecule has 0 atom stereocenters. The van der Waals surface area contributed by atoms with Gasteiger partial charge >= 0.3 is 249 Å². The molecule has 0 aliphatic heterocycles. The van der Waals surface area contributed by atoms with Gasteiger partial charge in [-0.25, -0.2) is 0 Å². The van der Waals surface area contributed by atoms with Crippen molar-refractivity contribution in [1.29, 1.82) is 0 Å². The Morgan fingerprint density at radius 1 is 0.529 bits per heavy atom. The van der Waals surface area contributed by atoms with Crippen molar-refractivity contribution in [1.82, 2.24) is 0 Å². The summed E-state index contributed by atoms with van der Waals surface area (Å²) in [6.45, 7) is 30.3. The van der Waals surface area contributed by atoms with E-state index in [1.54, 1.807) is 43.1 Å². The van der Waals surface area contributed by atoms with Crippen LogP contribution in [-0.2, 0) is 0 Å². The summed E-state index contributed by atoms with van der Waals surface area (Å²) >= 11 is -1.31. The van der Waals surface area contributed by atoms with Crippen LogP contribution >= 0.6 is 0 Å². The molecule has 0 saturated heterocycles. The van der Waals surface area contributed by atoms with E-state index in [0.717, 1.165) is 24.0 Å². The van der Waals surface area contributed by atoms with E-state index in [2.05, 4.69) is 148 Å². The first-order valence-corrected chi connectivity index (χ1v) is 27.5. The minimum Gasteiger partial charge on any atom is -0.289 e. The van der Waals surface area contributed by atoms with Crippen LogP contribution in [0.15, 0.2) is 127 Å². The molecule has 1 nitrogen and oxygen atoms in total. The Kier molecular flexibility index (Phi) is 10.7. The van der Waals surface area contributed by atoms with Crippen LogP contribution in [0, 0.1) is 10.8 Å². The van der Waals surface area contributed by atoms with E-state index in [1.165, 1.54) is 24.0 Å². The van der Waals surface area contributed by atoms with Crippen LogP contribution < -0.4 is 10.4 Å². The van der Waals surface area contributed by atoms with Gasteiger partial charge in [-0.1, -0.05) is 24.3 Å². The van der Waals surface area contributed by atoms with Crippen LogP contribution in [-0.4, -0.2) is 55.8 Å². The van der Waals surface area contributed by atoms with Crippen molar-refractivity contribution < 1.29 is 4.79 Å². The van der Waals surface area contributed by atoms with Crippen molar-refractivity contribution in [2.75, 3.05) is 0 Å². The van der Waals surface area contributed by atoms with E-state index >= 15 is 0 Å². The number of allylic oxidation sites excluding steroid dienone is 10. The third-order valence-corrected chi connectivity index (χ3v) is 27.2. The molecule has 0 N–H and O–H groups in total. The first-order valence-electron chi connectivity index (χ1n) is 19.3. The molecule has 7 rings (SSSR count). The number of hydrogen-bond acceptors (Lipinski definition) is 1. The molecular weight excluding hydrogens is 677 g/mol. The first-order chi connectivity index (χ1) is 23.9. The molecule has 0 fully saturated rings. The first kappa shape index (κ1) is 38.4. The van der Waals surface area contributed by atoms with Gasteiger partial charge in [0.15, 0.2) is 5.78 Å². The van der Waals surface area contributed by atoms with Gasteiger partial charge in [0.2, 0.25) is 0 Å². The summed E-state index contributed by atoms with van der Waals surface area (Å²) in [5.41, 5.74) is 11.3. The number of fused-ring (bicyclic) bond motifs is 2. The minimum absolute atomic E-state index is 0.162. The molecule has 3 aromatic rings. The van der Waals surface area contributed by atoms with E-state index in [1.807, 2.05) is 21.5 Å². The van der Waals surface area contributed by atoms with Crippen molar-refractivity contribution in [2.24, 2.45) is 10.8 Å². The van der Waals surface area contributed by atoms with E-state index in [0.29, 0.717) is 0 Å². The van der Waals surface area contributed by atoms with Crippen LogP contribution in [0.1, 0.15) is 97.0 Å². The fraction of sp³-hybridized carbons (Fsp3) is 0.383. The maximum Gasteiger partial charge on any atom is 0.189 e. The molecule has 262 valence electrons. The number of Topliss-reactive ketones (excluding diaryl/α,β-unsaturated/α-hetero) is 1. The van der Waals surface area contributed by atoms with Gasteiger partial charge < -0.3 is 0 Å². The molecule has 4 heteroatoms. The zero-order chi connectivity index (χ0) is 37.1. The van der Waals surface area contributed by atoms with Gasteiger partial charge in [0.25, 0.3) is 0 Å². The van der Waals surface area contributed by atoms with Crippen LogP contribution in [0.2, 0.25) is 26.2 Å². The number of carbonyl (C=O) groups excluding carboxylic acids is 1. The Morgan fingerprint density at radius 2 is 0.902 bits per heavy atom. The van der Waals surface area contributed by atoms with Crippen LogP contribution in [0.3, 0.4) is 0 Å². The zero-order valence-electron chi connectivity index (χ0n) is 33.5. The molecule has 4 aliphatic rings. The molecule has 3 aromatic carbocycles. The van der Waals surface area contributed by atoms with Crippen LogP contribution in [0.25, 0.3) is 5.57 Å². The SMILES string of the molecule is CC1=C(C)C(C)(C)[C]([Ca][C]2=C([Si](C)(C)c3ccccc3)C(C)=C(C)C2(C)C)=C1[Si](C)(C)c1ccccc1.O=C1C2=C(CCCC2)c2ccccc21. The number of benzene rings is 3. The van der Waals surface area contributed by atoms with Crippen LogP contribution in [0.5, 0.6) is 0 Å². The van der Waals surface area contributed by atoms with Crippen molar-refractivity contribution in [3.63, 3.8) is 0 Å². The Hall–Kier alpha value is -2.28. The third-order valence-electron chi connectivity index (χ3n) is 13.7. The monoisotopic (exact) mass is 734 g/mol. The predicted molar refractivity (Wildman–Crippen MR) is 227 cm³/mol. The largest absolute Gasteiger partial charge is 0.289 e. The fourth-order valence-corrected chi connectivity index (χ4v) is 25.9. The average Bonchev–Trinajstić information content (AvgIpc) is 3.58. The maximum absolute atomic E-state index is 12.0.